The first kappa shape index (κ1) is 32.8. The fourth-order valence-corrected chi connectivity index (χ4v) is 6.67. The quantitative estimate of drug-likeness (QED) is 0.105. The van der Waals surface area contributed by atoms with Crippen molar-refractivity contribution < 1.29 is 9.13 Å². The summed E-state index contributed by atoms with van der Waals surface area (Å²) in [5.74, 6) is 0.365. The van der Waals surface area contributed by atoms with Gasteiger partial charge in [-0.3, -0.25) is 10.3 Å². The van der Waals surface area contributed by atoms with Crippen LogP contribution in [0, 0.1) is 11.2 Å². The molecule has 6 nitrogen and oxygen atoms in total. The van der Waals surface area contributed by atoms with Gasteiger partial charge in [-0.25, -0.2) is 4.39 Å². The number of halogens is 1. The molecule has 0 atom stereocenters. The number of rotatable bonds is 13. The van der Waals surface area contributed by atoms with Gasteiger partial charge in [-0.1, -0.05) is 91.5 Å². The molecule has 1 aliphatic heterocycles. The van der Waals surface area contributed by atoms with Gasteiger partial charge in [-0.2, -0.15) is 0 Å². The fraction of sp³-hybridized carbons (Fsp3) is 0.244. The molecule has 7 heteroatoms. The van der Waals surface area contributed by atoms with Crippen LogP contribution >= 0.6 is 0 Å². The number of aromatic nitrogens is 2. The number of fused-ring (bicyclic) bond motifs is 1. The number of piperazine rings is 1. The summed E-state index contributed by atoms with van der Waals surface area (Å²) in [5, 5.41) is 9.23. The summed E-state index contributed by atoms with van der Waals surface area (Å²) in [5.41, 5.74) is 8.73. The Balaban J connectivity index is 1.13. The van der Waals surface area contributed by atoms with E-state index in [2.05, 4.69) is 111 Å². The van der Waals surface area contributed by atoms with Crippen LogP contribution in [-0.2, 0) is 19.6 Å². The van der Waals surface area contributed by atoms with Crippen molar-refractivity contribution in [2.24, 2.45) is 0 Å². The number of nitrogens with one attached hydrogen (secondary N) is 1. The van der Waals surface area contributed by atoms with Gasteiger partial charge in [0, 0.05) is 45.0 Å². The van der Waals surface area contributed by atoms with E-state index >= 15 is 0 Å². The Morgan fingerprint density at radius 1 is 0.833 bits per heavy atom. The second-order valence-electron chi connectivity index (χ2n) is 12.1. The summed E-state index contributed by atoms with van der Waals surface area (Å²) < 4.78 is 23.2. The minimum Gasteiger partial charge on any atom is -0.494 e. The van der Waals surface area contributed by atoms with Gasteiger partial charge in [0.1, 0.15) is 11.6 Å². The van der Waals surface area contributed by atoms with Crippen LogP contribution < -0.4 is 10.4 Å². The first-order valence-corrected chi connectivity index (χ1v) is 16.8. The normalized spacial score (nSPS) is 14.4. The molecule has 1 aromatic heterocycles. The highest BCUT2D eigenvalue weighted by Gasteiger charge is 2.22. The highest BCUT2D eigenvalue weighted by Crippen LogP contribution is 2.27. The van der Waals surface area contributed by atoms with Crippen molar-refractivity contribution in [3.05, 3.63) is 156 Å². The number of aryl methyl sites for hydroxylation is 1. The van der Waals surface area contributed by atoms with E-state index in [-0.39, 0.29) is 5.82 Å². The average molecular weight is 642 g/mol. The minimum absolute atomic E-state index is 0.279. The molecule has 1 N–H and O–H groups in total. The van der Waals surface area contributed by atoms with Gasteiger partial charge in [0.05, 0.1) is 24.2 Å². The van der Waals surface area contributed by atoms with E-state index in [0.29, 0.717) is 31.1 Å². The number of allylic oxidation sites excluding steroid dienone is 4. The van der Waals surface area contributed by atoms with Crippen molar-refractivity contribution >= 4 is 11.0 Å². The number of nitrogens with zero attached hydrogens (tertiary/aromatic N) is 4. The third-order valence-corrected chi connectivity index (χ3v) is 9.04. The fourth-order valence-electron chi connectivity index (χ4n) is 6.67. The molecule has 246 valence electrons. The predicted molar refractivity (Wildman–Crippen MR) is 193 cm³/mol. The maximum atomic E-state index is 13.3. The van der Waals surface area contributed by atoms with E-state index in [0.717, 1.165) is 55.8 Å². The Bertz CT molecular complexity index is 1950. The third-order valence-electron chi connectivity index (χ3n) is 9.04. The lowest BCUT2D eigenvalue weighted by Crippen LogP contribution is -2.45. The van der Waals surface area contributed by atoms with Crippen molar-refractivity contribution in [3.8, 4) is 16.9 Å². The molecule has 1 fully saturated rings. The molecule has 0 saturated carbocycles. The number of imidazole rings is 1. The van der Waals surface area contributed by atoms with Gasteiger partial charge in [0.25, 0.3) is 0 Å². The molecule has 0 spiro atoms. The molecule has 0 aliphatic carbocycles. The van der Waals surface area contributed by atoms with Gasteiger partial charge in [0.2, 0.25) is 5.62 Å². The number of hydrogen-bond acceptors (Lipinski definition) is 4. The number of benzene rings is 4. The zero-order chi connectivity index (χ0) is 33.3. The predicted octanol–water partition coefficient (Wildman–Crippen LogP) is 8.03. The number of para-hydroxylation sites is 2. The summed E-state index contributed by atoms with van der Waals surface area (Å²) in [4.78, 5) is 5.03. The van der Waals surface area contributed by atoms with Crippen LogP contribution in [0.25, 0.3) is 22.2 Å². The van der Waals surface area contributed by atoms with Crippen LogP contribution in [0.4, 0.5) is 4.39 Å². The van der Waals surface area contributed by atoms with Crippen molar-refractivity contribution in [2.75, 3.05) is 32.8 Å². The first-order chi connectivity index (χ1) is 23.6. The minimum atomic E-state index is -0.279. The van der Waals surface area contributed by atoms with Crippen LogP contribution in [0.5, 0.6) is 5.75 Å². The van der Waals surface area contributed by atoms with Gasteiger partial charge in [-0.05, 0) is 72.0 Å². The Morgan fingerprint density at radius 2 is 1.50 bits per heavy atom. The molecular formula is C41H44FN5O. The summed E-state index contributed by atoms with van der Waals surface area (Å²) >= 11 is 0. The van der Waals surface area contributed by atoms with Crippen molar-refractivity contribution in [1.29, 1.82) is 5.41 Å². The summed E-state index contributed by atoms with van der Waals surface area (Å²) in [6.07, 6.45) is 6.86. The van der Waals surface area contributed by atoms with E-state index in [1.54, 1.807) is 12.1 Å². The SMILES string of the molecule is C=C/C=C(Cn1c(=N)n(CCCOc2ccc(F)cc2)c2ccccc21)\C(=C/C)N1CCN(Cc2ccccc2-c2ccccc2)CC1. The van der Waals surface area contributed by atoms with Crippen molar-refractivity contribution in [1.82, 2.24) is 18.9 Å². The van der Waals surface area contributed by atoms with Gasteiger partial charge >= 0.3 is 0 Å². The highest BCUT2D eigenvalue weighted by molar-refractivity contribution is 5.76. The topological polar surface area (TPSA) is 49.4 Å². The van der Waals surface area contributed by atoms with E-state index in [1.807, 2.05) is 18.2 Å². The highest BCUT2D eigenvalue weighted by atomic mass is 19.1. The molecule has 6 rings (SSSR count). The zero-order valence-corrected chi connectivity index (χ0v) is 27.7. The molecule has 0 unspecified atom stereocenters. The summed E-state index contributed by atoms with van der Waals surface area (Å²) in [6.45, 7) is 12.5. The second-order valence-corrected chi connectivity index (χ2v) is 12.1. The smallest absolute Gasteiger partial charge is 0.203 e. The van der Waals surface area contributed by atoms with Gasteiger partial charge < -0.3 is 18.8 Å². The van der Waals surface area contributed by atoms with Crippen molar-refractivity contribution in [2.45, 2.75) is 33.0 Å². The molecule has 1 saturated heterocycles. The van der Waals surface area contributed by atoms with E-state index in [4.69, 9.17) is 4.74 Å². The average Bonchev–Trinajstić information content (AvgIpc) is 3.38. The van der Waals surface area contributed by atoms with E-state index in [1.165, 1.54) is 34.5 Å². The van der Waals surface area contributed by atoms with Gasteiger partial charge in [-0.15, -0.1) is 0 Å². The van der Waals surface area contributed by atoms with Crippen LogP contribution in [0.15, 0.2) is 139 Å². The van der Waals surface area contributed by atoms with Gasteiger partial charge in [0.15, 0.2) is 0 Å². The van der Waals surface area contributed by atoms with E-state index < -0.39 is 0 Å². The molecule has 48 heavy (non-hydrogen) atoms. The summed E-state index contributed by atoms with van der Waals surface area (Å²) in [7, 11) is 0. The molecule has 5 aromatic rings. The first-order valence-electron chi connectivity index (χ1n) is 16.8. The molecule has 2 heterocycles. The molecule has 0 radical (unpaired) electrons. The molecule has 1 aliphatic rings. The third kappa shape index (κ3) is 7.53. The Kier molecular flexibility index (Phi) is 10.7. The molecular weight excluding hydrogens is 597 g/mol. The standard InChI is InChI=1S/C41H44FN5O/c1-3-13-34(31-47-40-19-11-10-18-39(40)46(41(47)43)24-12-29-48-36-22-20-35(42)21-23-36)38(4-2)45-27-25-44(26-28-45)30-33-16-8-9-17-37(33)32-14-6-5-7-15-32/h3-11,13-23,43H,1,12,24-31H2,2H3/b34-13-,38-4+,43-41?. The summed E-state index contributed by atoms with van der Waals surface area (Å²) in [6, 6.07) is 33.7. The van der Waals surface area contributed by atoms with Crippen LogP contribution in [0.3, 0.4) is 0 Å². The Morgan fingerprint density at radius 3 is 2.21 bits per heavy atom. The maximum absolute atomic E-state index is 13.3. The molecule has 0 amide bonds. The molecule has 0 bridgehead atoms. The molecule has 4 aromatic carbocycles. The second kappa shape index (κ2) is 15.6. The maximum Gasteiger partial charge on any atom is 0.203 e. The Hall–Kier alpha value is -5.14. The largest absolute Gasteiger partial charge is 0.494 e. The van der Waals surface area contributed by atoms with Crippen molar-refractivity contribution in [3.63, 3.8) is 0 Å². The number of ether oxygens (including phenoxy) is 1. The Labute approximate surface area is 282 Å². The van der Waals surface area contributed by atoms with E-state index in [9.17, 15) is 9.80 Å². The van der Waals surface area contributed by atoms with Crippen LogP contribution in [0.1, 0.15) is 18.9 Å². The lowest BCUT2D eigenvalue weighted by molar-refractivity contribution is 0.154. The van der Waals surface area contributed by atoms with Crippen LogP contribution in [-0.4, -0.2) is 51.7 Å². The van der Waals surface area contributed by atoms with Crippen LogP contribution in [0.2, 0.25) is 0 Å². The lowest BCUT2D eigenvalue weighted by Gasteiger charge is -2.38. The number of hydrogen-bond donors (Lipinski definition) is 1. The zero-order valence-electron chi connectivity index (χ0n) is 27.7. The monoisotopic (exact) mass is 641 g/mol. The lowest BCUT2D eigenvalue weighted by atomic mass is 9.99.